The summed E-state index contributed by atoms with van der Waals surface area (Å²) in [7, 11) is 0. The second-order valence-electron chi connectivity index (χ2n) is 5.78. The van der Waals surface area contributed by atoms with Gasteiger partial charge in [-0.25, -0.2) is 0 Å². The summed E-state index contributed by atoms with van der Waals surface area (Å²) in [6.07, 6.45) is 2.77. The van der Waals surface area contributed by atoms with E-state index >= 15 is 0 Å². The first-order valence-electron chi connectivity index (χ1n) is 8.29. The van der Waals surface area contributed by atoms with Gasteiger partial charge in [-0.05, 0) is 22.4 Å². The first-order chi connectivity index (χ1) is 13.0. The van der Waals surface area contributed by atoms with Gasteiger partial charge in [-0.2, -0.15) is 0 Å². The Hall–Kier alpha value is -2.17. The molecule has 1 atom stereocenters. The number of halogens is 2. The summed E-state index contributed by atoms with van der Waals surface area (Å²) in [6, 6.07) is 17.8. The molecule has 3 rings (SSSR count). The van der Waals surface area contributed by atoms with Crippen molar-refractivity contribution in [1.82, 2.24) is 4.98 Å². The van der Waals surface area contributed by atoms with Crippen molar-refractivity contribution in [2.75, 3.05) is 13.2 Å². The van der Waals surface area contributed by atoms with E-state index < -0.39 is 6.10 Å². The molecular formula is C22H21Cl2NO2. The van der Waals surface area contributed by atoms with E-state index in [0.29, 0.717) is 23.3 Å². The van der Waals surface area contributed by atoms with Crippen LogP contribution in [-0.4, -0.2) is 23.3 Å². The molecule has 3 nitrogen and oxygen atoms in total. The van der Waals surface area contributed by atoms with Crippen LogP contribution in [-0.2, 0) is 4.74 Å². The number of hydrogen-bond acceptors (Lipinski definition) is 3. The second-order valence-corrected chi connectivity index (χ2v) is 6.85. The SMILES string of the molecule is C=C(Cl)COCC(=C)Cl.OC(c1cccnc1)c1cccc2ccccc12. The molecule has 5 heteroatoms. The van der Waals surface area contributed by atoms with Crippen molar-refractivity contribution < 1.29 is 9.84 Å². The molecule has 0 aliphatic rings. The number of nitrogens with zero attached hydrogens (tertiary/aromatic N) is 1. The van der Waals surface area contributed by atoms with Crippen molar-refractivity contribution in [2.45, 2.75) is 6.10 Å². The molecular weight excluding hydrogens is 381 g/mol. The topological polar surface area (TPSA) is 42.4 Å². The van der Waals surface area contributed by atoms with E-state index in [1.165, 1.54) is 0 Å². The van der Waals surface area contributed by atoms with Gasteiger partial charge in [0.15, 0.2) is 0 Å². The van der Waals surface area contributed by atoms with Crippen molar-refractivity contribution in [3.05, 3.63) is 101 Å². The van der Waals surface area contributed by atoms with Crippen molar-refractivity contribution >= 4 is 34.0 Å². The highest BCUT2D eigenvalue weighted by atomic mass is 35.5. The third-order valence-corrected chi connectivity index (χ3v) is 3.85. The van der Waals surface area contributed by atoms with Crippen molar-refractivity contribution in [1.29, 1.82) is 0 Å². The Balaban J connectivity index is 0.000000249. The van der Waals surface area contributed by atoms with Crippen LogP contribution in [0.3, 0.4) is 0 Å². The maximum absolute atomic E-state index is 10.4. The smallest absolute Gasteiger partial charge is 0.106 e. The molecule has 0 aliphatic carbocycles. The molecule has 0 fully saturated rings. The number of hydrogen-bond donors (Lipinski definition) is 1. The predicted octanol–water partition coefficient (Wildman–Crippen LogP) is 5.82. The fourth-order valence-corrected chi connectivity index (χ4v) is 2.63. The van der Waals surface area contributed by atoms with E-state index in [-0.39, 0.29) is 0 Å². The van der Waals surface area contributed by atoms with E-state index in [2.05, 4.69) is 30.3 Å². The lowest BCUT2D eigenvalue weighted by atomic mass is 9.97. The van der Waals surface area contributed by atoms with E-state index in [0.717, 1.165) is 21.9 Å². The standard InChI is InChI=1S/C16H13NO.C6H8Cl2O/c18-16(13-7-4-10-17-11-13)15-9-3-6-12-5-1-2-8-14(12)15;1-5(7)3-9-4-6(2)8/h1-11,16,18H;1-4H2. The van der Waals surface area contributed by atoms with Gasteiger partial charge in [-0.1, -0.05) is 84.9 Å². The van der Waals surface area contributed by atoms with Crippen LogP contribution in [0, 0.1) is 0 Å². The summed E-state index contributed by atoms with van der Waals surface area (Å²) < 4.78 is 4.89. The van der Waals surface area contributed by atoms with E-state index in [9.17, 15) is 5.11 Å². The zero-order valence-electron chi connectivity index (χ0n) is 14.8. The molecule has 0 bridgehead atoms. The summed E-state index contributed by atoms with van der Waals surface area (Å²) in [5.41, 5.74) is 1.73. The first-order valence-corrected chi connectivity index (χ1v) is 9.04. The van der Waals surface area contributed by atoms with Gasteiger partial charge in [0.25, 0.3) is 0 Å². The Morgan fingerprint density at radius 1 is 0.963 bits per heavy atom. The van der Waals surface area contributed by atoms with Crippen molar-refractivity contribution in [3.63, 3.8) is 0 Å². The average Bonchev–Trinajstić information content (AvgIpc) is 2.67. The van der Waals surface area contributed by atoms with Crippen LogP contribution < -0.4 is 0 Å². The number of rotatable bonds is 6. The van der Waals surface area contributed by atoms with Gasteiger partial charge in [0.05, 0.1) is 13.2 Å². The average molecular weight is 402 g/mol. The van der Waals surface area contributed by atoms with E-state index in [1.807, 2.05) is 42.5 Å². The van der Waals surface area contributed by atoms with Crippen LogP contribution in [0.2, 0.25) is 0 Å². The van der Waals surface area contributed by atoms with Gasteiger partial charge in [0, 0.05) is 28.0 Å². The predicted molar refractivity (Wildman–Crippen MR) is 113 cm³/mol. The third-order valence-electron chi connectivity index (χ3n) is 3.64. The second kappa shape index (κ2) is 10.9. The fourth-order valence-electron chi connectivity index (χ4n) is 2.48. The molecule has 2 aromatic carbocycles. The van der Waals surface area contributed by atoms with Gasteiger partial charge in [0.1, 0.15) is 6.10 Å². The van der Waals surface area contributed by atoms with Gasteiger partial charge in [-0.15, -0.1) is 0 Å². The van der Waals surface area contributed by atoms with Gasteiger partial charge < -0.3 is 9.84 Å². The fraction of sp³-hybridized carbons (Fsp3) is 0.136. The summed E-state index contributed by atoms with van der Waals surface area (Å²) in [4.78, 5) is 4.05. The molecule has 0 aliphatic heterocycles. The maximum atomic E-state index is 10.4. The first kappa shape index (κ1) is 21.1. The van der Waals surface area contributed by atoms with Gasteiger partial charge in [0.2, 0.25) is 0 Å². The number of benzene rings is 2. The van der Waals surface area contributed by atoms with E-state index in [4.69, 9.17) is 27.9 Å². The lowest BCUT2D eigenvalue weighted by molar-refractivity contribution is 0.189. The molecule has 1 unspecified atom stereocenters. The van der Waals surface area contributed by atoms with Crippen molar-refractivity contribution in [2.24, 2.45) is 0 Å². The zero-order chi connectivity index (χ0) is 19.6. The number of aliphatic hydroxyl groups excluding tert-OH is 1. The largest absolute Gasteiger partial charge is 0.384 e. The Morgan fingerprint density at radius 3 is 2.26 bits per heavy atom. The summed E-state index contributed by atoms with van der Waals surface area (Å²) in [5.74, 6) is 0. The number of ether oxygens (including phenoxy) is 1. The molecule has 1 heterocycles. The normalized spacial score (nSPS) is 11.4. The van der Waals surface area contributed by atoms with Crippen LogP contribution >= 0.6 is 23.2 Å². The lowest BCUT2D eigenvalue weighted by Gasteiger charge is -2.13. The molecule has 0 saturated heterocycles. The Labute approximate surface area is 169 Å². The molecule has 140 valence electrons. The van der Waals surface area contributed by atoms with Crippen LogP contribution in [0.1, 0.15) is 17.2 Å². The van der Waals surface area contributed by atoms with Gasteiger partial charge in [-0.3, -0.25) is 4.98 Å². The minimum absolute atomic E-state index is 0.327. The number of aromatic nitrogens is 1. The maximum Gasteiger partial charge on any atom is 0.106 e. The molecule has 0 amide bonds. The molecule has 0 radical (unpaired) electrons. The Bertz CT molecular complexity index is 878. The van der Waals surface area contributed by atoms with Crippen LogP contribution in [0.25, 0.3) is 10.8 Å². The Kier molecular flexibility index (Phi) is 8.49. The highest BCUT2D eigenvalue weighted by Gasteiger charge is 2.12. The minimum Gasteiger partial charge on any atom is -0.384 e. The molecule has 0 spiro atoms. The van der Waals surface area contributed by atoms with Crippen LogP contribution in [0.15, 0.2) is 90.2 Å². The minimum atomic E-state index is -0.634. The molecule has 1 N–H and O–H groups in total. The molecule has 0 saturated carbocycles. The van der Waals surface area contributed by atoms with Gasteiger partial charge >= 0.3 is 0 Å². The summed E-state index contributed by atoms with van der Waals surface area (Å²) >= 11 is 10.7. The summed E-state index contributed by atoms with van der Waals surface area (Å²) in [5, 5.41) is 13.6. The monoisotopic (exact) mass is 401 g/mol. The third kappa shape index (κ3) is 6.81. The molecule has 27 heavy (non-hydrogen) atoms. The number of fused-ring (bicyclic) bond motifs is 1. The quantitative estimate of drug-likeness (QED) is 0.565. The number of aliphatic hydroxyl groups is 1. The molecule has 1 aromatic heterocycles. The summed E-state index contributed by atoms with van der Waals surface area (Å²) in [6.45, 7) is 7.49. The number of pyridine rings is 1. The molecule has 3 aromatic rings. The van der Waals surface area contributed by atoms with E-state index in [1.54, 1.807) is 12.4 Å². The zero-order valence-corrected chi connectivity index (χ0v) is 16.3. The lowest BCUT2D eigenvalue weighted by Crippen LogP contribution is -2.00. The van der Waals surface area contributed by atoms with Crippen LogP contribution in [0.4, 0.5) is 0 Å². The Morgan fingerprint density at radius 2 is 1.63 bits per heavy atom. The van der Waals surface area contributed by atoms with Crippen molar-refractivity contribution in [3.8, 4) is 0 Å². The highest BCUT2D eigenvalue weighted by Crippen LogP contribution is 2.28. The highest BCUT2D eigenvalue weighted by molar-refractivity contribution is 6.29. The van der Waals surface area contributed by atoms with Crippen LogP contribution in [0.5, 0.6) is 0 Å².